The molecule has 0 aliphatic carbocycles. The van der Waals surface area contributed by atoms with Gasteiger partial charge in [0, 0.05) is 13.0 Å². The Hall–Kier alpha value is -2.01. The van der Waals surface area contributed by atoms with Gasteiger partial charge in [-0.1, -0.05) is 0 Å². The highest BCUT2D eigenvalue weighted by molar-refractivity contribution is 5.71. The van der Waals surface area contributed by atoms with Gasteiger partial charge in [-0.2, -0.15) is 4.98 Å². The average Bonchev–Trinajstić information content (AvgIpc) is 3.13. The van der Waals surface area contributed by atoms with Crippen molar-refractivity contribution in [2.75, 3.05) is 31.8 Å². The lowest BCUT2D eigenvalue weighted by Gasteiger charge is -2.35. The lowest BCUT2D eigenvalue weighted by atomic mass is 9.97. The highest BCUT2D eigenvalue weighted by Crippen LogP contribution is 2.45. The summed E-state index contributed by atoms with van der Waals surface area (Å²) in [4.78, 5) is 23.8. The summed E-state index contributed by atoms with van der Waals surface area (Å²) >= 11 is 0. The molecule has 0 spiro atoms. The molecule has 0 bridgehead atoms. The molecule has 2 aromatic rings. The predicted molar refractivity (Wildman–Crippen MR) is 93.8 cm³/mol. The number of fused-ring (bicyclic) bond motifs is 2. The van der Waals surface area contributed by atoms with Gasteiger partial charge in [-0.3, -0.25) is 14.3 Å². The Bertz CT molecular complexity index is 866. The number of aromatic amines is 1. The van der Waals surface area contributed by atoms with Crippen LogP contribution in [-0.2, 0) is 19.9 Å². The van der Waals surface area contributed by atoms with Crippen LogP contribution < -0.4 is 16.6 Å². The quantitative estimate of drug-likeness (QED) is 0.637. The molecule has 4 N–H and O–H groups in total. The van der Waals surface area contributed by atoms with Crippen LogP contribution in [0.5, 0.6) is 0 Å². The molecular formula is C16H24N6O4. The molecule has 0 aromatic carbocycles. The van der Waals surface area contributed by atoms with E-state index in [2.05, 4.69) is 20.3 Å². The van der Waals surface area contributed by atoms with Crippen LogP contribution in [0.3, 0.4) is 0 Å². The Labute approximate surface area is 150 Å². The summed E-state index contributed by atoms with van der Waals surface area (Å²) in [6, 6.07) is 0. The average molecular weight is 364 g/mol. The van der Waals surface area contributed by atoms with Crippen LogP contribution in [0.15, 0.2) is 11.1 Å². The van der Waals surface area contributed by atoms with Crippen molar-refractivity contribution in [2.45, 2.75) is 44.1 Å². The minimum Gasteiger partial charge on any atom is -0.356 e. The van der Waals surface area contributed by atoms with E-state index in [1.807, 2.05) is 13.8 Å². The van der Waals surface area contributed by atoms with Crippen molar-refractivity contribution in [3.63, 3.8) is 0 Å². The van der Waals surface area contributed by atoms with Gasteiger partial charge in [0.05, 0.1) is 19.0 Å². The molecule has 3 atom stereocenters. The van der Waals surface area contributed by atoms with Crippen molar-refractivity contribution in [3.8, 4) is 0 Å². The highest BCUT2D eigenvalue weighted by Gasteiger charge is 2.55. The van der Waals surface area contributed by atoms with E-state index in [4.69, 9.17) is 19.9 Å². The molecule has 142 valence electrons. The van der Waals surface area contributed by atoms with Gasteiger partial charge in [-0.25, -0.2) is 4.98 Å². The maximum atomic E-state index is 12.4. The van der Waals surface area contributed by atoms with E-state index in [9.17, 15) is 4.79 Å². The van der Waals surface area contributed by atoms with Gasteiger partial charge in [0.1, 0.15) is 18.1 Å². The summed E-state index contributed by atoms with van der Waals surface area (Å²) in [7, 11) is 0. The third kappa shape index (κ3) is 2.78. The molecule has 10 heteroatoms. The smallest absolute Gasteiger partial charge is 0.280 e. The standard InChI is InChI=1S/C16H24N6O4/c1-15-7-24-9-25-10(15)6-16(2,26-15)22-8-19-11-12(22)20-14(21-13(11)23)18-5-3-4-17/h8,10H,3-7,9,17H2,1-2H3,(H2,18,20,21,23). The minimum absolute atomic E-state index is 0.0946. The molecule has 2 saturated heterocycles. The van der Waals surface area contributed by atoms with Crippen LogP contribution in [0, 0.1) is 0 Å². The largest absolute Gasteiger partial charge is 0.356 e. The van der Waals surface area contributed by atoms with Gasteiger partial charge in [-0.05, 0) is 26.8 Å². The Morgan fingerprint density at radius 1 is 1.50 bits per heavy atom. The first kappa shape index (κ1) is 17.4. The fraction of sp³-hybridized carbons (Fsp3) is 0.688. The fourth-order valence-electron chi connectivity index (χ4n) is 3.70. The van der Waals surface area contributed by atoms with E-state index in [0.29, 0.717) is 37.7 Å². The first-order valence-corrected chi connectivity index (χ1v) is 8.76. The monoisotopic (exact) mass is 364 g/mol. The summed E-state index contributed by atoms with van der Waals surface area (Å²) in [5, 5.41) is 3.08. The van der Waals surface area contributed by atoms with Crippen LogP contribution in [-0.4, -0.2) is 57.7 Å². The second-order valence-corrected chi connectivity index (χ2v) is 7.19. The number of rotatable bonds is 5. The molecule has 4 heterocycles. The van der Waals surface area contributed by atoms with Crippen molar-refractivity contribution in [3.05, 3.63) is 16.7 Å². The topological polar surface area (TPSA) is 129 Å². The molecule has 0 radical (unpaired) electrons. The molecule has 0 saturated carbocycles. The van der Waals surface area contributed by atoms with E-state index in [-0.39, 0.29) is 24.0 Å². The predicted octanol–water partition coefficient (Wildman–Crippen LogP) is 0.105. The zero-order chi connectivity index (χ0) is 18.4. The lowest BCUT2D eigenvalue weighted by Crippen LogP contribution is -2.47. The van der Waals surface area contributed by atoms with Gasteiger partial charge >= 0.3 is 0 Å². The number of anilines is 1. The molecule has 2 aliphatic heterocycles. The number of aromatic nitrogens is 4. The van der Waals surface area contributed by atoms with E-state index in [0.717, 1.165) is 6.42 Å². The molecule has 3 unspecified atom stereocenters. The summed E-state index contributed by atoms with van der Waals surface area (Å²) in [5.74, 6) is 0.391. The summed E-state index contributed by atoms with van der Waals surface area (Å²) in [6.07, 6.45) is 2.89. The zero-order valence-corrected chi connectivity index (χ0v) is 14.9. The molecular weight excluding hydrogens is 340 g/mol. The summed E-state index contributed by atoms with van der Waals surface area (Å²) in [5.41, 5.74) is 4.66. The van der Waals surface area contributed by atoms with Crippen LogP contribution >= 0.6 is 0 Å². The number of imidazole rings is 1. The van der Waals surface area contributed by atoms with Crippen molar-refractivity contribution in [1.82, 2.24) is 19.5 Å². The third-order valence-electron chi connectivity index (χ3n) is 5.03. The Balaban J connectivity index is 1.71. The SMILES string of the molecule is CC12COCOC1CC(C)(n1cnc3c(=O)[nH]c(NCCCN)nc31)O2. The Morgan fingerprint density at radius 3 is 3.12 bits per heavy atom. The third-order valence-corrected chi connectivity index (χ3v) is 5.03. The van der Waals surface area contributed by atoms with Crippen molar-refractivity contribution in [2.24, 2.45) is 5.73 Å². The fourth-order valence-corrected chi connectivity index (χ4v) is 3.70. The zero-order valence-electron chi connectivity index (χ0n) is 14.9. The van der Waals surface area contributed by atoms with Crippen molar-refractivity contribution >= 4 is 17.1 Å². The van der Waals surface area contributed by atoms with Crippen LogP contribution in [0.25, 0.3) is 11.2 Å². The number of hydrogen-bond acceptors (Lipinski definition) is 8. The molecule has 2 aromatic heterocycles. The second-order valence-electron chi connectivity index (χ2n) is 7.19. The number of nitrogens with zero attached hydrogens (tertiary/aromatic N) is 3. The van der Waals surface area contributed by atoms with E-state index < -0.39 is 11.3 Å². The number of nitrogens with one attached hydrogen (secondary N) is 2. The van der Waals surface area contributed by atoms with Gasteiger partial charge in [0.2, 0.25) is 5.95 Å². The van der Waals surface area contributed by atoms with E-state index in [1.165, 1.54) is 0 Å². The van der Waals surface area contributed by atoms with Crippen molar-refractivity contribution in [1.29, 1.82) is 0 Å². The minimum atomic E-state index is -0.739. The second kappa shape index (κ2) is 6.31. The molecule has 2 fully saturated rings. The Morgan fingerprint density at radius 2 is 2.35 bits per heavy atom. The van der Waals surface area contributed by atoms with E-state index in [1.54, 1.807) is 10.9 Å². The number of nitrogens with two attached hydrogens (primary N) is 1. The van der Waals surface area contributed by atoms with Gasteiger partial charge in [0.25, 0.3) is 5.56 Å². The maximum absolute atomic E-state index is 12.4. The molecule has 2 aliphatic rings. The van der Waals surface area contributed by atoms with Gasteiger partial charge in [-0.15, -0.1) is 0 Å². The molecule has 26 heavy (non-hydrogen) atoms. The Kier molecular flexibility index (Phi) is 4.22. The lowest BCUT2D eigenvalue weighted by molar-refractivity contribution is -0.238. The molecule has 4 rings (SSSR count). The summed E-state index contributed by atoms with van der Waals surface area (Å²) in [6.45, 7) is 5.83. The molecule has 0 amide bonds. The molecule has 10 nitrogen and oxygen atoms in total. The van der Waals surface area contributed by atoms with Crippen LogP contribution in [0.1, 0.15) is 26.7 Å². The summed E-state index contributed by atoms with van der Waals surface area (Å²) < 4.78 is 19.3. The number of H-pyrrole nitrogens is 1. The van der Waals surface area contributed by atoms with Gasteiger partial charge < -0.3 is 25.3 Å². The first-order valence-electron chi connectivity index (χ1n) is 8.76. The maximum Gasteiger partial charge on any atom is 0.280 e. The highest BCUT2D eigenvalue weighted by atomic mass is 16.7. The van der Waals surface area contributed by atoms with E-state index >= 15 is 0 Å². The number of hydrogen-bond donors (Lipinski definition) is 3. The van der Waals surface area contributed by atoms with Crippen LogP contribution in [0.4, 0.5) is 5.95 Å². The normalized spacial score (nSPS) is 31.3. The number of ether oxygens (including phenoxy) is 3. The van der Waals surface area contributed by atoms with Crippen molar-refractivity contribution < 1.29 is 14.2 Å². The van der Waals surface area contributed by atoms with Gasteiger partial charge in [0.15, 0.2) is 11.2 Å². The first-order chi connectivity index (χ1) is 12.5. The van der Waals surface area contributed by atoms with Crippen LogP contribution in [0.2, 0.25) is 0 Å².